The molecule has 0 fully saturated rings. The fourth-order valence-corrected chi connectivity index (χ4v) is 2.84. The molecule has 2 aromatic heterocycles. The molecule has 0 aliphatic heterocycles. The third kappa shape index (κ3) is 5.53. The maximum Gasteiger partial charge on any atom is 0.412 e. The summed E-state index contributed by atoms with van der Waals surface area (Å²) in [6.45, 7) is 11.7. The Hall–Kier alpha value is -3.55. The van der Waals surface area contributed by atoms with Gasteiger partial charge in [0.25, 0.3) is 0 Å². The van der Waals surface area contributed by atoms with Gasteiger partial charge in [-0.05, 0) is 49.9 Å². The first-order valence-corrected chi connectivity index (χ1v) is 9.96. The fraction of sp³-hybridized carbons (Fsp3) is 0.348. The lowest BCUT2D eigenvalue weighted by Crippen LogP contribution is -2.27. The largest absolute Gasteiger partial charge is 0.444 e. The highest BCUT2D eigenvalue weighted by atomic mass is 16.6. The molecule has 0 bridgehead atoms. The van der Waals surface area contributed by atoms with Gasteiger partial charge in [-0.3, -0.25) is 15.1 Å². The second-order valence-electron chi connectivity index (χ2n) is 9.23. The van der Waals surface area contributed by atoms with E-state index in [0.717, 1.165) is 11.3 Å². The number of ketones is 1. The predicted octanol–water partition coefficient (Wildman–Crippen LogP) is 4.54. The summed E-state index contributed by atoms with van der Waals surface area (Å²) in [5.74, 6) is -0.405. The minimum atomic E-state index is -0.661. The van der Waals surface area contributed by atoms with Crippen LogP contribution in [0.4, 0.5) is 10.5 Å². The quantitative estimate of drug-likeness (QED) is 0.621. The third-order valence-electron chi connectivity index (χ3n) is 4.40. The van der Waals surface area contributed by atoms with Crippen molar-refractivity contribution in [2.45, 2.75) is 52.6 Å². The van der Waals surface area contributed by atoms with Crippen LogP contribution in [0.3, 0.4) is 0 Å². The molecular weight excluding hydrogens is 394 g/mol. The summed E-state index contributed by atoms with van der Waals surface area (Å²) in [5.41, 5.74) is 1.89. The average molecular weight is 422 g/mol. The fourth-order valence-electron chi connectivity index (χ4n) is 2.84. The van der Waals surface area contributed by atoms with Crippen LogP contribution in [0.25, 0.3) is 5.69 Å². The van der Waals surface area contributed by atoms with Gasteiger partial charge in [-0.15, -0.1) is 5.10 Å². The van der Waals surface area contributed by atoms with E-state index in [2.05, 4.69) is 47.5 Å². The number of hydrogen-bond donors (Lipinski definition) is 1. The Morgan fingerprint density at radius 3 is 2.48 bits per heavy atom. The molecule has 8 nitrogen and oxygen atoms in total. The van der Waals surface area contributed by atoms with E-state index in [0.29, 0.717) is 5.69 Å². The van der Waals surface area contributed by atoms with E-state index in [1.807, 2.05) is 18.2 Å². The number of benzene rings is 1. The highest BCUT2D eigenvalue weighted by Crippen LogP contribution is 2.24. The van der Waals surface area contributed by atoms with Crippen molar-refractivity contribution < 1.29 is 14.3 Å². The molecule has 1 aromatic carbocycles. The molecule has 0 atom stereocenters. The van der Waals surface area contributed by atoms with E-state index in [9.17, 15) is 9.59 Å². The molecule has 0 saturated heterocycles. The van der Waals surface area contributed by atoms with E-state index in [-0.39, 0.29) is 16.7 Å². The Balaban J connectivity index is 1.86. The van der Waals surface area contributed by atoms with Crippen LogP contribution in [-0.4, -0.2) is 37.5 Å². The highest BCUT2D eigenvalue weighted by Gasteiger charge is 2.22. The van der Waals surface area contributed by atoms with Gasteiger partial charge in [0.05, 0.1) is 23.1 Å². The van der Waals surface area contributed by atoms with Crippen molar-refractivity contribution in [3.8, 4) is 5.69 Å². The minimum Gasteiger partial charge on any atom is -0.444 e. The van der Waals surface area contributed by atoms with Crippen molar-refractivity contribution in [3.63, 3.8) is 0 Å². The van der Waals surface area contributed by atoms with Crippen LogP contribution in [0.5, 0.6) is 0 Å². The Bertz CT molecular complexity index is 1110. The van der Waals surface area contributed by atoms with Gasteiger partial charge in [-0.1, -0.05) is 38.1 Å². The molecule has 0 aliphatic rings. The lowest BCUT2D eigenvalue weighted by atomic mass is 9.87. The summed E-state index contributed by atoms with van der Waals surface area (Å²) < 4.78 is 6.82. The molecule has 1 N–H and O–H groups in total. The molecule has 3 rings (SSSR count). The summed E-state index contributed by atoms with van der Waals surface area (Å²) >= 11 is 0. The molecule has 0 saturated carbocycles. The van der Waals surface area contributed by atoms with Crippen LogP contribution in [0.1, 0.15) is 63.2 Å². The molecule has 0 unspecified atom stereocenters. The van der Waals surface area contributed by atoms with Crippen LogP contribution in [0.2, 0.25) is 0 Å². The minimum absolute atomic E-state index is 0.0207. The summed E-state index contributed by atoms with van der Waals surface area (Å²) in [5, 5.41) is 10.7. The van der Waals surface area contributed by atoms with Crippen LogP contribution >= 0.6 is 0 Å². The zero-order valence-corrected chi connectivity index (χ0v) is 18.6. The number of aromatic nitrogens is 4. The van der Waals surface area contributed by atoms with Gasteiger partial charge < -0.3 is 4.74 Å². The van der Waals surface area contributed by atoms with Gasteiger partial charge in [-0.25, -0.2) is 9.48 Å². The van der Waals surface area contributed by atoms with E-state index in [1.54, 1.807) is 31.6 Å². The maximum absolute atomic E-state index is 13.1. The van der Waals surface area contributed by atoms with Crippen molar-refractivity contribution in [1.82, 2.24) is 20.0 Å². The number of carbonyl (C=O) groups is 2. The Morgan fingerprint density at radius 1 is 1.06 bits per heavy atom. The van der Waals surface area contributed by atoms with Crippen molar-refractivity contribution in [2.24, 2.45) is 0 Å². The van der Waals surface area contributed by atoms with Gasteiger partial charge in [-0.2, -0.15) is 0 Å². The molecule has 0 radical (unpaired) electrons. The van der Waals surface area contributed by atoms with Crippen LogP contribution in [-0.2, 0) is 10.2 Å². The van der Waals surface area contributed by atoms with Gasteiger partial charge in [0.1, 0.15) is 5.60 Å². The number of anilines is 1. The number of hydrogen-bond acceptors (Lipinski definition) is 6. The van der Waals surface area contributed by atoms with E-state index >= 15 is 0 Å². The van der Waals surface area contributed by atoms with Gasteiger partial charge in [0.15, 0.2) is 5.69 Å². The van der Waals surface area contributed by atoms with Crippen LogP contribution in [0, 0.1) is 0 Å². The first kappa shape index (κ1) is 22.1. The van der Waals surface area contributed by atoms with Crippen LogP contribution in [0.15, 0.2) is 48.9 Å². The molecule has 31 heavy (non-hydrogen) atoms. The summed E-state index contributed by atoms with van der Waals surface area (Å²) in [6, 6.07) is 9.45. The SMILES string of the molecule is CC(C)(C)OC(=O)Nc1ccncc1C(=O)c1cn(-c2cccc(C(C)(C)C)c2)nn1. The monoisotopic (exact) mass is 421 g/mol. The van der Waals surface area contributed by atoms with Gasteiger partial charge in [0.2, 0.25) is 5.78 Å². The van der Waals surface area contributed by atoms with E-state index in [1.165, 1.54) is 18.5 Å². The molecule has 1 amide bonds. The Kier molecular flexibility index (Phi) is 5.92. The van der Waals surface area contributed by atoms with Crippen molar-refractivity contribution in [1.29, 1.82) is 0 Å². The van der Waals surface area contributed by atoms with Crippen molar-refractivity contribution in [3.05, 3.63) is 65.7 Å². The average Bonchev–Trinajstić information content (AvgIpc) is 3.16. The van der Waals surface area contributed by atoms with Gasteiger partial charge >= 0.3 is 6.09 Å². The summed E-state index contributed by atoms with van der Waals surface area (Å²) in [6.07, 6.45) is 3.77. The van der Waals surface area contributed by atoms with Crippen LogP contribution < -0.4 is 5.32 Å². The molecule has 8 heteroatoms. The van der Waals surface area contributed by atoms with Crippen molar-refractivity contribution >= 4 is 17.6 Å². The van der Waals surface area contributed by atoms with Crippen molar-refractivity contribution in [2.75, 3.05) is 5.32 Å². The number of rotatable bonds is 4. The number of pyridine rings is 1. The number of amides is 1. The van der Waals surface area contributed by atoms with E-state index in [4.69, 9.17) is 4.74 Å². The zero-order chi connectivity index (χ0) is 22.8. The van der Waals surface area contributed by atoms with Gasteiger partial charge in [0, 0.05) is 12.4 Å². The molecule has 162 valence electrons. The maximum atomic E-state index is 13.1. The second-order valence-corrected chi connectivity index (χ2v) is 9.23. The second kappa shape index (κ2) is 8.29. The topological polar surface area (TPSA) is 99.0 Å². The molecule has 0 aliphatic carbocycles. The summed E-state index contributed by atoms with van der Waals surface area (Å²) in [7, 11) is 0. The van der Waals surface area contributed by atoms with E-state index < -0.39 is 17.5 Å². The smallest absolute Gasteiger partial charge is 0.412 e. The molecule has 2 heterocycles. The first-order chi connectivity index (χ1) is 14.4. The first-order valence-electron chi connectivity index (χ1n) is 9.96. The number of nitrogens with zero attached hydrogens (tertiary/aromatic N) is 4. The number of nitrogens with one attached hydrogen (secondary N) is 1. The summed E-state index contributed by atoms with van der Waals surface area (Å²) in [4.78, 5) is 29.2. The molecule has 3 aromatic rings. The zero-order valence-electron chi connectivity index (χ0n) is 18.6. The lowest BCUT2D eigenvalue weighted by Gasteiger charge is -2.20. The lowest BCUT2D eigenvalue weighted by molar-refractivity contribution is 0.0636. The molecular formula is C23H27N5O3. The Labute approximate surface area is 181 Å². The number of ether oxygens (including phenoxy) is 1. The number of carbonyl (C=O) groups excluding carboxylic acids is 2. The standard InChI is InChI=1S/C23H27N5O3/c1-22(2,3)15-8-7-9-16(12-15)28-14-19(26-27-28)20(29)17-13-24-11-10-18(17)25-21(30)31-23(4,5)6/h7-14H,1-6H3,(H,24,25,30). The molecule has 0 spiro atoms. The predicted molar refractivity (Wildman–Crippen MR) is 118 cm³/mol. The third-order valence-corrected chi connectivity index (χ3v) is 4.40. The Morgan fingerprint density at radius 2 is 1.81 bits per heavy atom. The highest BCUT2D eigenvalue weighted by molar-refractivity contribution is 6.12. The normalized spacial score (nSPS) is 11.8.